The Morgan fingerprint density at radius 3 is 2.76 bits per heavy atom. The first kappa shape index (κ1) is 11.7. The van der Waals surface area contributed by atoms with Crippen molar-refractivity contribution in [1.29, 1.82) is 0 Å². The van der Waals surface area contributed by atoms with Crippen LogP contribution in [0.1, 0.15) is 17.7 Å². The number of rotatable bonds is 4. The van der Waals surface area contributed by atoms with E-state index in [9.17, 15) is 5.11 Å². The van der Waals surface area contributed by atoms with Gasteiger partial charge < -0.3 is 25.3 Å². The lowest BCUT2D eigenvalue weighted by Gasteiger charge is -2.04. The minimum Gasteiger partial charge on any atom is -0.377 e. The van der Waals surface area contributed by atoms with Gasteiger partial charge in [-0.2, -0.15) is 0 Å². The van der Waals surface area contributed by atoms with E-state index in [4.69, 9.17) is 5.73 Å². The van der Waals surface area contributed by atoms with Gasteiger partial charge in [-0.25, -0.2) is 4.98 Å². The minimum absolute atomic E-state index is 0.633. The molecule has 2 aromatic heterocycles. The van der Waals surface area contributed by atoms with Gasteiger partial charge in [0.2, 0.25) is 0 Å². The molecule has 6 nitrogen and oxygen atoms in total. The summed E-state index contributed by atoms with van der Waals surface area (Å²) in [6.45, 7) is 0.633. The van der Waals surface area contributed by atoms with Gasteiger partial charge in [0.1, 0.15) is 12.1 Å². The number of anilines is 1. The third-order valence-corrected chi connectivity index (χ3v) is 2.72. The average Bonchev–Trinajstić information content (AvgIpc) is 2.82. The number of imidazole rings is 1. The van der Waals surface area contributed by atoms with Gasteiger partial charge in [-0.15, -0.1) is 0 Å². The van der Waals surface area contributed by atoms with Gasteiger partial charge in [-0.1, -0.05) is 0 Å². The van der Waals surface area contributed by atoms with Crippen LogP contribution in [0, 0.1) is 0 Å². The minimum atomic E-state index is -0.955. The van der Waals surface area contributed by atoms with Gasteiger partial charge >= 0.3 is 0 Å². The van der Waals surface area contributed by atoms with Gasteiger partial charge in [0, 0.05) is 32.7 Å². The molecule has 0 radical (unpaired) electrons. The molecule has 0 bridgehead atoms. The molecule has 0 saturated carbocycles. The first-order valence-corrected chi connectivity index (χ1v) is 5.38. The fraction of sp³-hybridized carbons (Fsp3) is 0.364. The quantitative estimate of drug-likeness (QED) is 0.667. The van der Waals surface area contributed by atoms with Crippen LogP contribution in [0.3, 0.4) is 0 Å². The highest BCUT2D eigenvalue weighted by Crippen LogP contribution is 2.17. The van der Waals surface area contributed by atoms with Gasteiger partial charge in [0.15, 0.2) is 0 Å². The molecule has 0 spiro atoms. The van der Waals surface area contributed by atoms with Crippen LogP contribution in [0.5, 0.6) is 0 Å². The predicted octanol–water partition coefficient (Wildman–Crippen LogP) is 0.320. The summed E-state index contributed by atoms with van der Waals surface area (Å²) in [5.74, 6) is 0.948. The standard InChI is InChI=1S/C11H17N5O/c1-15-4-3-13-10(15)6-14-8-5-9(11(12)17)16(2)7-8/h3-5,7,11,14,17H,6,12H2,1-2H3. The molecule has 2 rings (SSSR count). The Bertz CT molecular complexity index is 500. The molecule has 4 N–H and O–H groups in total. The van der Waals surface area contributed by atoms with Crippen molar-refractivity contribution in [2.24, 2.45) is 19.8 Å². The Morgan fingerprint density at radius 2 is 2.24 bits per heavy atom. The lowest BCUT2D eigenvalue weighted by Crippen LogP contribution is -2.12. The van der Waals surface area contributed by atoms with Crippen LogP contribution < -0.4 is 11.1 Å². The van der Waals surface area contributed by atoms with Gasteiger partial charge in [-0.3, -0.25) is 0 Å². The Labute approximate surface area is 99.7 Å². The summed E-state index contributed by atoms with van der Waals surface area (Å²) in [6.07, 6.45) is 4.59. The van der Waals surface area contributed by atoms with E-state index >= 15 is 0 Å². The highest BCUT2D eigenvalue weighted by atomic mass is 16.3. The monoisotopic (exact) mass is 235 g/mol. The van der Waals surface area contributed by atoms with E-state index in [0.29, 0.717) is 12.2 Å². The van der Waals surface area contributed by atoms with Crippen molar-refractivity contribution >= 4 is 5.69 Å². The van der Waals surface area contributed by atoms with E-state index in [-0.39, 0.29) is 0 Å². The lowest BCUT2D eigenvalue weighted by molar-refractivity contribution is 0.178. The van der Waals surface area contributed by atoms with E-state index in [1.54, 1.807) is 10.8 Å². The highest BCUT2D eigenvalue weighted by Gasteiger charge is 2.08. The lowest BCUT2D eigenvalue weighted by atomic mass is 10.3. The number of hydrogen-bond donors (Lipinski definition) is 3. The zero-order chi connectivity index (χ0) is 12.4. The molecular formula is C11H17N5O. The normalized spacial score (nSPS) is 12.7. The van der Waals surface area contributed by atoms with Crippen molar-refractivity contribution in [1.82, 2.24) is 14.1 Å². The molecule has 92 valence electrons. The summed E-state index contributed by atoms with van der Waals surface area (Å²) in [5, 5.41) is 12.6. The molecule has 2 heterocycles. The molecule has 0 amide bonds. The van der Waals surface area contributed by atoms with Crippen LogP contribution in [0.2, 0.25) is 0 Å². The topological polar surface area (TPSA) is 81.0 Å². The Balaban J connectivity index is 2.05. The van der Waals surface area contributed by atoms with Gasteiger partial charge in [-0.05, 0) is 6.07 Å². The number of hydrogen-bond acceptors (Lipinski definition) is 4. The molecule has 0 aliphatic rings. The maximum Gasteiger partial charge on any atom is 0.143 e. The molecule has 2 aromatic rings. The SMILES string of the molecule is Cn1cc(NCc2nccn2C)cc1C(N)O. The second kappa shape index (κ2) is 4.60. The second-order valence-electron chi connectivity index (χ2n) is 4.02. The van der Waals surface area contributed by atoms with Crippen LogP contribution in [-0.4, -0.2) is 19.2 Å². The zero-order valence-corrected chi connectivity index (χ0v) is 9.96. The second-order valence-corrected chi connectivity index (χ2v) is 4.02. The van der Waals surface area contributed by atoms with Crippen LogP contribution in [0.25, 0.3) is 0 Å². The first-order valence-electron chi connectivity index (χ1n) is 5.38. The number of aromatic nitrogens is 3. The van der Waals surface area contributed by atoms with Gasteiger partial charge in [0.25, 0.3) is 0 Å². The van der Waals surface area contributed by atoms with Crippen molar-refractivity contribution in [3.05, 3.63) is 36.2 Å². The molecule has 0 saturated heterocycles. The number of nitrogens with two attached hydrogens (primary N) is 1. The van der Waals surface area contributed by atoms with E-state index in [2.05, 4.69) is 10.3 Å². The molecule has 17 heavy (non-hydrogen) atoms. The zero-order valence-electron chi connectivity index (χ0n) is 9.96. The fourth-order valence-corrected chi connectivity index (χ4v) is 1.72. The molecule has 0 aromatic carbocycles. The Kier molecular flexibility index (Phi) is 3.16. The van der Waals surface area contributed by atoms with Crippen molar-refractivity contribution in [3.8, 4) is 0 Å². The number of aliphatic hydroxyl groups is 1. The van der Waals surface area contributed by atoms with E-state index < -0.39 is 6.23 Å². The highest BCUT2D eigenvalue weighted by molar-refractivity contribution is 5.44. The van der Waals surface area contributed by atoms with Crippen molar-refractivity contribution in [3.63, 3.8) is 0 Å². The number of aliphatic hydroxyl groups excluding tert-OH is 1. The predicted molar refractivity (Wildman–Crippen MR) is 65.1 cm³/mol. The van der Waals surface area contributed by atoms with Crippen molar-refractivity contribution in [2.75, 3.05) is 5.32 Å². The number of nitrogens with zero attached hydrogens (tertiary/aromatic N) is 3. The van der Waals surface area contributed by atoms with Crippen LogP contribution in [-0.2, 0) is 20.6 Å². The van der Waals surface area contributed by atoms with Gasteiger partial charge in [0.05, 0.1) is 17.9 Å². The summed E-state index contributed by atoms with van der Waals surface area (Å²) in [4.78, 5) is 4.21. The maximum atomic E-state index is 9.33. The third-order valence-electron chi connectivity index (χ3n) is 2.72. The summed E-state index contributed by atoms with van der Waals surface area (Å²) >= 11 is 0. The third kappa shape index (κ3) is 2.48. The van der Waals surface area contributed by atoms with Crippen LogP contribution in [0.4, 0.5) is 5.69 Å². The summed E-state index contributed by atoms with van der Waals surface area (Å²) in [5.41, 5.74) is 7.02. The number of nitrogens with one attached hydrogen (secondary N) is 1. The molecule has 0 fully saturated rings. The fourth-order valence-electron chi connectivity index (χ4n) is 1.72. The Morgan fingerprint density at radius 1 is 1.47 bits per heavy atom. The molecule has 0 aliphatic heterocycles. The average molecular weight is 235 g/mol. The van der Waals surface area contributed by atoms with E-state index in [1.165, 1.54) is 0 Å². The number of aryl methyl sites for hydroxylation is 2. The summed E-state index contributed by atoms with van der Waals surface area (Å²) in [6, 6.07) is 1.83. The molecule has 0 aliphatic carbocycles. The van der Waals surface area contributed by atoms with Crippen molar-refractivity contribution < 1.29 is 5.11 Å². The molecular weight excluding hydrogens is 218 g/mol. The van der Waals surface area contributed by atoms with E-state index in [1.807, 2.05) is 37.1 Å². The first-order chi connectivity index (χ1) is 8.08. The Hall–Kier alpha value is -1.79. The van der Waals surface area contributed by atoms with Crippen molar-refractivity contribution in [2.45, 2.75) is 12.8 Å². The largest absolute Gasteiger partial charge is 0.377 e. The van der Waals surface area contributed by atoms with E-state index in [0.717, 1.165) is 11.5 Å². The van der Waals surface area contributed by atoms with Crippen LogP contribution in [0.15, 0.2) is 24.7 Å². The molecule has 1 atom stereocenters. The summed E-state index contributed by atoms with van der Waals surface area (Å²) in [7, 11) is 3.79. The molecule has 6 heteroatoms. The summed E-state index contributed by atoms with van der Waals surface area (Å²) < 4.78 is 3.75. The maximum absolute atomic E-state index is 9.33. The van der Waals surface area contributed by atoms with Crippen LogP contribution >= 0.6 is 0 Å². The molecule has 1 unspecified atom stereocenters. The smallest absolute Gasteiger partial charge is 0.143 e.